The Morgan fingerprint density at radius 3 is 2.41 bits per heavy atom. The number of carbonyl (C=O) groups excluding carboxylic acids is 2. The summed E-state index contributed by atoms with van der Waals surface area (Å²) in [6.07, 6.45) is -0.359. The van der Waals surface area contributed by atoms with Crippen molar-refractivity contribution in [1.29, 1.82) is 0 Å². The molecule has 0 aliphatic carbocycles. The van der Waals surface area contributed by atoms with E-state index >= 15 is 0 Å². The maximum Gasteiger partial charge on any atom is 0.410 e. The summed E-state index contributed by atoms with van der Waals surface area (Å²) >= 11 is 3.32. The summed E-state index contributed by atoms with van der Waals surface area (Å²) < 4.78 is 5.31. The van der Waals surface area contributed by atoms with Gasteiger partial charge in [-0.05, 0) is 20.8 Å². The number of ether oxygens (including phenoxy) is 1. The standard InChI is InChI=1S/C12H20BrNO3/c1-11(2,3)17-10(16)14-6-8(13)9(15)12(4,5)7-14/h8H,6-7H2,1-5H3/t8-/m0/s1. The van der Waals surface area contributed by atoms with Gasteiger partial charge < -0.3 is 9.64 Å². The van der Waals surface area contributed by atoms with E-state index in [9.17, 15) is 9.59 Å². The van der Waals surface area contributed by atoms with Crippen molar-refractivity contribution in [3.63, 3.8) is 0 Å². The van der Waals surface area contributed by atoms with Crippen molar-refractivity contribution in [2.75, 3.05) is 13.1 Å². The van der Waals surface area contributed by atoms with Gasteiger partial charge in [-0.3, -0.25) is 4.79 Å². The van der Waals surface area contributed by atoms with Crippen molar-refractivity contribution in [3.05, 3.63) is 0 Å². The van der Waals surface area contributed by atoms with Crippen LogP contribution in [0.5, 0.6) is 0 Å². The minimum atomic E-state index is -0.524. The van der Waals surface area contributed by atoms with Gasteiger partial charge in [0.1, 0.15) is 5.60 Å². The lowest BCUT2D eigenvalue weighted by atomic mass is 9.83. The lowest BCUT2D eigenvalue weighted by Gasteiger charge is -2.39. The largest absolute Gasteiger partial charge is 0.444 e. The first-order valence-electron chi connectivity index (χ1n) is 5.69. The maximum atomic E-state index is 11.9. The Morgan fingerprint density at radius 2 is 2.00 bits per heavy atom. The van der Waals surface area contributed by atoms with Crippen LogP contribution in [0.3, 0.4) is 0 Å². The summed E-state index contributed by atoms with van der Waals surface area (Å²) in [5, 5.41) is 0. The van der Waals surface area contributed by atoms with Crippen molar-refractivity contribution in [1.82, 2.24) is 4.90 Å². The predicted octanol–water partition coefficient (Wildman–Crippen LogP) is 2.60. The van der Waals surface area contributed by atoms with Crippen LogP contribution in [0.1, 0.15) is 34.6 Å². The summed E-state index contributed by atoms with van der Waals surface area (Å²) in [7, 11) is 0. The van der Waals surface area contributed by atoms with Gasteiger partial charge in [0, 0.05) is 18.5 Å². The van der Waals surface area contributed by atoms with Crippen LogP contribution in [0, 0.1) is 5.41 Å². The fourth-order valence-electron chi connectivity index (χ4n) is 1.79. The topological polar surface area (TPSA) is 46.6 Å². The van der Waals surface area contributed by atoms with Crippen LogP contribution in [0.4, 0.5) is 4.79 Å². The lowest BCUT2D eigenvalue weighted by molar-refractivity contribution is -0.130. The summed E-state index contributed by atoms with van der Waals surface area (Å²) in [5.41, 5.74) is -1.03. The quantitative estimate of drug-likeness (QED) is 0.646. The summed E-state index contributed by atoms with van der Waals surface area (Å²) in [5.74, 6) is 0.136. The van der Waals surface area contributed by atoms with Gasteiger partial charge in [-0.25, -0.2) is 4.79 Å². The Labute approximate surface area is 111 Å². The molecule has 0 spiro atoms. The molecule has 0 saturated carbocycles. The van der Waals surface area contributed by atoms with Crippen LogP contribution >= 0.6 is 15.9 Å². The third-order valence-electron chi connectivity index (χ3n) is 2.57. The number of ketones is 1. The average Bonchev–Trinajstić information content (AvgIpc) is 2.10. The molecule has 1 heterocycles. The normalized spacial score (nSPS) is 24.7. The minimum Gasteiger partial charge on any atom is -0.444 e. The second-order valence-electron chi connectivity index (χ2n) is 6.08. The van der Waals surface area contributed by atoms with Crippen LogP contribution in [0.25, 0.3) is 0 Å². The van der Waals surface area contributed by atoms with Gasteiger partial charge in [-0.2, -0.15) is 0 Å². The number of carbonyl (C=O) groups is 2. The molecule has 1 amide bonds. The number of amides is 1. The number of piperidine rings is 1. The molecule has 1 saturated heterocycles. The Balaban J connectivity index is 2.74. The number of likely N-dealkylation sites (tertiary alicyclic amines) is 1. The van der Waals surface area contributed by atoms with E-state index in [1.54, 1.807) is 4.90 Å². The van der Waals surface area contributed by atoms with E-state index < -0.39 is 11.0 Å². The van der Waals surface area contributed by atoms with Gasteiger partial charge >= 0.3 is 6.09 Å². The third kappa shape index (κ3) is 3.69. The number of nitrogens with zero attached hydrogens (tertiary/aromatic N) is 1. The zero-order valence-electron chi connectivity index (χ0n) is 11.0. The second-order valence-corrected chi connectivity index (χ2v) is 7.18. The molecule has 1 fully saturated rings. The SMILES string of the molecule is CC(C)(C)OC(=O)N1C[C@H](Br)C(=O)C(C)(C)C1. The second kappa shape index (κ2) is 4.59. The summed E-state index contributed by atoms with van der Waals surface area (Å²) in [6, 6.07) is 0. The zero-order valence-corrected chi connectivity index (χ0v) is 12.6. The molecule has 0 aromatic heterocycles. The molecule has 17 heavy (non-hydrogen) atoms. The molecular weight excluding hydrogens is 286 g/mol. The van der Waals surface area contributed by atoms with Crippen LogP contribution in [0.2, 0.25) is 0 Å². The first kappa shape index (κ1) is 14.5. The minimum absolute atomic E-state index is 0.136. The number of hydrogen-bond acceptors (Lipinski definition) is 3. The van der Waals surface area contributed by atoms with E-state index in [4.69, 9.17) is 4.74 Å². The fraction of sp³-hybridized carbons (Fsp3) is 0.833. The molecule has 0 aromatic rings. The highest BCUT2D eigenvalue weighted by Gasteiger charge is 2.42. The molecule has 0 bridgehead atoms. The zero-order chi connectivity index (χ0) is 13.4. The maximum absolute atomic E-state index is 11.9. The highest BCUT2D eigenvalue weighted by atomic mass is 79.9. The van der Waals surface area contributed by atoms with Gasteiger partial charge in [-0.15, -0.1) is 0 Å². The average molecular weight is 306 g/mol. The molecule has 0 N–H and O–H groups in total. The van der Waals surface area contributed by atoms with E-state index in [0.29, 0.717) is 13.1 Å². The molecule has 1 aliphatic heterocycles. The monoisotopic (exact) mass is 305 g/mol. The van der Waals surface area contributed by atoms with E-state index in [0.717, 1.165) is 0 Å². The molecule has 1 aliphatic rings. The van der Waals surface area contributed by atoms with Crippen LogP contribution in [-0.4, -0.2) is 40.3 Å². The third-order valence-corrected chi connectivity index (χ3v) is 3.28. The van der Waals surface area contributed by atoms with Crippen LogP contribution < -0.4 is 0 Å². The van der Waals surface area contributed by atoms with Crippen molar-refractivity contribution >= 4 is 27.8 Å². The van der Waals surface area contributed by atoms with Gasteiger partial charge in [-0.1, -0.05) is 29.8 Å². The molecule has 4 nitrogen and oxygen atoms in total. The van der Waals surface area contributed by atoms with Crippen molar-refractivity contribution in [3.8, 4) is 0 Å². The van der Waals surface area contributed by atoms with E-state index in [-0.39, 0.29) is 16.7 Å². The molecule has 5 heteroatoms. The Morgan fingerprint density at radius 1 is 1.47 bits per heavy atom. The number of rotatable bonds is 0. The van der Waals surface area contributed by atoms with Crippen molar-refractivity contribution < 1.29 is 14.3 Å². The van der Waals surface area contributed by atoms with E-state index in [1.165, 1.54) is 0 Å². The Hall–Kier alpha value is -0.580. The number of halogens is 1. The molecule has 1 atom stereocenters. The number of hydrogen-bond donors (Lipinski definition) is 0. The Bertz CT molecular complexity index is 333. The van der Waals surface area contributed by atoms with E-state index in [2.05, 4.69) is 15.9 Å². The van der Waals surface area contributed by atoms with Gasteiger partial charge in [0.25, 0.3) is 0 Å². The predicted molar refractivity (Wildman–Crippen MR) is 69.3 cm³/mol. The molecular formula is C12H20BrNO3. The van der Waals surface area contributed by atoms with Crippen LogP contribution in [-0.2, 0) is 9.53 Å². The smallest absolute Gasteiger partial charge is 0.410 e. The molecule has 0 unspecified atom stereocenters. The van der Waals surface area contributed by atoms with Gasteiger partial charge in [0.2, 0.25) is 0 Å². The summed E-state index contributed by atoms with van der Waals surface area (Å²) in [4.78, 5) is 25.1. The summed E-state index contributed by atoms with van der Waals surface area (Å²) in [6.45, 7) is 9.96. The first-order valence-corrected chi connectivity index (χ1v) is 6.61. The van der Waals surface area contributed by atoms with Gasteiger partial charge in [0.15, 0.2) is 5.78 Å². The Kier molecular flexibility index (Phi) is 3.91. The van der Waals surface area contributed by atoms with Crippen LogP contribution in [0.15, 0.2) is 0 Å². The lowest BCUT2D eigenvalue weighted by Crippen LogP contribution is -2.54. The van der Waals surface area contributed by atoms with Gasteiger partial charge in [0.05, 0.1) is 4.83 Å². The molecule has 0 aromatic carbocycles. The molecule has 98 valence electrons. The molecule has 1 rings (SSSR count). The fourth-order valence-corrected chi connectivity index (χ4v) is 2.75. The van der Waals surface area contributed by atoms with Crippen molar-refractivity contribution in [2.24, 2.45) is 5.41 Å². The highest BCUT2D eigenvalue weighted by Crippen LogP contribution is 2.29. The first-order chi connectivity index (χ1) is 7.53. The molecule has 0 radical (unpaired) electrons. The highest BCUT2D eigenvalue weighted by molar-refractivity contribution is 9.10. The number of Topliss-reactive ketones (excluding diaryl/α,β-unsaturated/α-hetero) is 1. The number of alkyl halides is 1. The van der Waals surface area contributed by atoms with Crippen molar-refractivity contribution in [2.45, 2.75) is 45.0 Å². The van der Waals surface area contributed by atoms with E-state index in [1.807, 2.05) is 34.6 Å².